The highest BCUT2D eigenvalue weighted by Crippen LogP contribution is 2.22. The van der Waals surface area contributed by atoms with Gasteiger partial charge < -0.3 is 10.0 Å². The third kappa shape index (κ3) is 5.22. The maximum Gasteiger partial charge on any atom is 0.317 e. The number of likely N-dealkylation sites (tertiary alicyclic amines) is 1. The predicted octanol–water partition coefficient (Wildman–Crippen LogP) is 2.12. The Morgan fingerprint density at radius 2 is 1.96 bits per heavy atom. The number of rotatable bonds is 6. The molecule has 1 saturated heterocycles. The highest BCUT2D eigenvalue weighted by molar-refractivity contribution is 5.69. The maximum atomic E-state index is 10.9. The van der Waals surface area contributed by atoms with E-state index in [1.54, 1.807) is 0 Å². The molecule has 1 aromatic carbocycles. The number of para-hydroxylation sites is 1. The Morgan fingerprint density at radius 3 is 2.65 bits per heavy atom. The van der Waals surface area contributed by atoms with Gasteiger partial charge in [-0.1, -0.05) is 18.2 Å². The van der Waals surface area contributed by atoms with E-state index in [0.717, 1.165) is 38.9 Å². The fourth-order valence-electron chi connectivity index (χ4n) is 3.40. The molecular formula is C18H29N3O2. The zero-order valence-electron chi connectivity index (χ0n) is 14.5. The summed E-state index contributed by atoms with van der Waals surface area (Å²) in [6.07, 6.45) is 3.24. The summed E-state index contributed by atoms with van der Waals surface area (Å²) in [6.45, 7) is 3.20. The molecule has 0 bridgehead atoms. The van der Waals surface area contributed by atoms with Gasteiger partial charge in [-0.3, -0.25) is 14.6 Å². The normalized spacial score (nSPS) is 19.6. The van der Waals surface area contributed by atoms with E-state index in [2.05, 4.69) is 48.2 Å². The molecule has 0 radical (unpaired) electrons. The van der Waals surface area contributed by atoms with Crippen molar-refractivity contribution in [3.63, 3.8) is 0 Å². The Kier molecular flexibility index (Phi) is 6.42. The van der Waals surface area contributed by atoms with Crippen molar-refractivity contribution in [1.29, 1.82) is 0 Å². The lowest BCUT2D eigenvalue weighted by atomic mass is 10.1. The van der Waals surface area contributed by atoms with Crippen LogP contribution in [0.2, 0.25) is 0 Å². The molecule has 5 nitrogen and oxygen atoms in total. The molecule has 1 unspecified atom stereocenters. The van der Waals surface area contributed by atoms with Crippen LogP contribution in [0.25, 0.3) is 0 Å². The smallest absolute Gasteiger partial charge is 0.317 e. The van der Waals surface area contributed by atoms with Gasteiger partial charge in [0.2, 0.25) is 0 Å². The van der Waals surface area contributed by atoms with Crippen molar-refractivity contribution in [1.82, 2.24) is 9.80 Å². The fourth-order valence-corrected chi connectivity index (χ4v) is 3.40. The number of nitrogens with zero attached hydrogens (tertiary/aromatic N) is 3. The van der Waals surface area contributed by atoms with Crippen LogP contribution in [-0.2, 0) is 11.3 Å². The summed E-state index contributed by atoms with van der Waals surface area (Å²) in [5, 5.41) is 8.96. The van der Waals surface area contributed by atoms with E-state index < -0.39 is 5.97 Å². The molecule has 1 aromatic rings. The Bertz CT molecular complexity index is 519. The summed E-state index contributed by atoms with van der Waals surface area (Å²) in [5.74, 6) is -0.742. The lowest BCUT2D eigenvalue weighted by Crippen LogP contribution is -2.36. The predicted molar refractivity (Wildman–Crippen MR) is 94.0 cm³/mol. The third-order valence-corrected chi connectivity index (χ3v) is 4.67. The van der Waals surface area contributed by atoms with Gasteiger partial charge >= 0.3 is 5.97 Å². The fraction of sp³-hybridized carbons (Fsp3) is 0.611. The maximum absolute atomic E-state index is 10.9. The molecule has 128 valence electrons. The molecule has 2 rings (SSSR count). The standard InChI is InChI=1S/C18H29N3O2/c1-19(2)17-9-5-4-7-15(17)13-21-11-6-8-16(10-12-21)20(3)14-18(22)23/h4-5,7,9,16H,6,8,10-14H2,1-3H3,(H,22,23). The van der Waals surface area contributed by atoms with Crippen LogP contribution < -0.4 is 4.90 Å². The molecule has 1 fully saturated rings. The lowest BCUT2D eigenvalue weighted by molar-refractivity contribution is -0.138. The monoisotopic (exact) mass is 319 g/mol. The number of benzene rings is 1. The van der Waals surface area contributed by atoms with Gasteiger partial charge in [-0.15, -0.1) is 0 Å². The summed E-state index contributed by atoms with van der Waals surface area (Å²) in [6, 6.07) is 8.92. The first-order valence-corrected chi connectivity index (χ1v) is 8.37. The van der Waals surface area contributed by atoms with Crippen LogP contribution in [0, 0.1) is 0 Å². The molecule has 1 aliphatic rings. The summed E-state index contributed by atoms with van der Waals surface area (Å²) >= 11 is 0. The van der Waals surface area contributed by atoms with Crippen LogP contribution in [0.1, 0.15) is 24.8 Å². The van der Waals surface area contributed by atoms with E-state index in [1.165, 1.54) is 11.3 Å². The third-order valence-electron chi connectivity index (χ3n) is 4.67. The van der Waals surface area contributed by atoms with E-state index >= 15 is 0 Å². The number of anilines is 1. The first-order chi connectivity index (χ1) is 11.0. The van der Waals surface area contributed by atoms with Gasteiger partial charge in [0, 0.05) is 32.4 Å². The second-order valence-electron chi connectivity index (χ2n) is 6.69. The number of carbonyl (C=O) groups is 1. The molecule has 1 N–H and O–H groups in total. The van der Waals surface area contributed by atoms with Crippen molar-refractivity contribution >= 4 is 11.7 Å². The van der Waals surface area contributed by atoms with Gasteiger partial charge in [0.15, 0.2) is 0 Å². The highest BCUT2D eigenvalue weighted by Gasteiger charge is 2.22. The number of aliphatic carboxylic acids is 1. The van der Waals surface area contributed by atoms with E-state index in [0.29, 0.717) is 6.04 Å². The van der Waals surface area contributed by atoms with E-state index in [9.17, 15) is 4.79 Å². The Hall–Kier alpha value is -1.59. The Morgan fingerprint density at radius 1 is 1.22 bits per heavy atom. The molecule has 0 aliphatic carbocycles. The van der Waals surface area contributed by atoms with Crippen LogP contribution in [-0.4, -0.2) is 67.7 Å². The first kappa shape index (κ1) is 17.8. The topological polar surface area (TPSA) is 47.0 Å². The average Bonchev–Trinajstić information content (AvgIpc) is 2.72. The number of hydrogen-bond donors (Lipinski definition) is 1. The number of carboxylic acids is 1. The minimum Gasteiger partial charge on any atom is -0.480 e. The van der Waals surface area contributed by atoms with Crippen molar-refractivity contribution in [3.8, 4) is 0 Å². The van der Waals surface area contributed by atoms with Crippen molar-refractivity contribution in [2.24, 2.45) is 0 Å². The molecule has 0 amide bonds. The van der Waals surface area contributed by atoms with Crippen molar-refractivity contribution in [2.75, 3.05) is 45.7 Å². The van der Waals surface area contributed by atoms with Crippen LogP contribution in [0.3, 0.4) is 0 Å². The van der Waals surface area contributed by atoms with Crippen LogP contribution in [0.4, 0.5) is 5.69 Å². The SMILES string of the molecule is CN(C)c1ccccc1CN1CCCC(N(C)CC(=O)O)CC1. The molecule has 5 heteroatoms. The second-order valence-corrected chi connectivity index (χ2v) is 6.69. The van der Waals surface area contributed by atoms with Gasteiger partial charge in [-0.2, -0.15) is 0 Å². The van der Waals surface area contributed by atoms with Gasteiger partial charge in [-0.25, -0.2) is 0 Å². The minimum absolute atomic E-state index is 0.133. The molecule has 0 spiro atoms. The van der Waals surface area contributed by atoms with E-state index in [-0.39, 0.29) is 6.54 Å². The minimum atomic E-state index is -0.742. The van der Waals surface area contributed by atoms with Gasteiger partial charge in [-0.05, 0) is 51.0 Å². The second kappa shape index (κ2) is 8.31. The zero-order chi connectivity index (χ0) is 16.8. The molecular weight excluding hydrogens is 290 g/mol. The quantitative estimate of drug-likeness (QED) is 0.870. The van der Waals surface area contributed by atoms with Gasteiger partial charge in [0.05, 0.1) is 6.54 Å². The average molecular weight is 319 g/mol. The van der Waals surface area contributed by atoms with Crippen molar-refractivity contribution in [2.45, 2.75) is 31.8 Å². The van der Waals surface area contributed by atoms with E-state index in [1.807, 2.05) is 11.9 Å². The molecule has 0 aromatic heterocycles. The van der Waals surface area contributed by atoms with Crippen molar-refractivity contribution in [3.05, 3.63) is 29.8 Å². The number of carboxylic acid groups (broad SMARTS) is 1. The lowest BCUT2D eigenvalue weighted by Gasteiger charge is -2.26. The number of hydrogen-bond acceptors (Lipinski definition) is 4. The summed E-state index contributed by atoms with van der Waals surface area (Å²) in [4.78, 5) is 17.5. The Balaban J connectivity index is 1.95. The van der Waals surface area contributed by atoms with E-state index in [4.69, 9.17) is 5.11 Å². The Labute approximate surface area is 139 Å². The molecule has 0 saturated carbocycles. The number of likely N-dealkylation sites (N-methyl/N-ethyl adjacent to an activating group) is 1. The molecule has 1 aliphatic heterocycles. The molecule has 1 atom stereocenters. The zero-order valence-corrected chi connectivity index (χ0v) is 14.5. The van der Waals surface area contributed by atoms with Crippen LogP contribution in [0.5, 0.6) is 0 Å². The van der Waals surface area contributed by atoms with Crippen LogP contribution >= 0.6 is 0 Å². The first-order valence-electron chi connectivity index (χ1n) is 8.37. The summed E-state index contributed by atoms with van der Waals surface area (Å²) in [5.41, 5.74) is 2.63. The summed E-state index contributed by atoms with van der Waals surface area (Å²) in [7, 11) is 6.09. The van der Waals surface area contributed by atoms with Gasteiger partial charge in [0.25, 0.3) is 0 Å². The largest absolute Gasteiger partial charge is 0.480 e. The molecule has 1 heterocycles. The summed E-state index contributed by atoms with van der Waals surface area (Å²) < 4.78 is 0. The van der Waals surface area contributed by atoms with Crippen LogP contribution in [0.15, 0.2) is 24.3 Å². The molecule has 23 heavy (non-hydrogen) atoms. The van der Waals surface area contributed by atoms with Gasteiger partial charge in [0.1, 0.15) is 0 Å². The highest BCUT2D eigenvalue weighted by atomic mass is 16.4. The van der Waals surface area contributed by atoms with Crippen molar-refractivity contribution < 1.29 is 9.90 Å².